The molecule has 0 heterocycles. The molecule has 0 aromatic heterocycles. The molecule has 1 aromatic carbocycles. The number of hydrogen-bond donors (Lipinski definition) is 2. The fourth-order valence-electron chi connectivity index (χ4n) is 2.40. The van der Waals surface area contributed by atoms with Crippen LogP contribution in [0.3, 0.4) is 0 Å². The summed E-state index contributed by atoms with van der Waals surface area (Å²) in [5.41, 5.74) is 0.334. The zero-order valence-corrected chi connectivity index (χ0v) is 9.63. The maximum absolute atomic E-state index is 13.6. The summed E-state index contributed by atoms with van der Waals surface area (Å²) in [6, 6.07) is 3.36. The Bertz CT molecular complexity index is 378. The molecule has 0 saturated heterocycles. The molecule has 0 aliphatic heterocycles. The molecule has 1 saturated carbocycles. The highest BCUT2D eigenvalue weighted by atomic mass is 19.1. The zero-order chi connectivity index (χ0) is 12.3. The summed E-state index contributed by atoms with van der Waals surface area (Å²) < 4.78 is 26.4. The van der Waals surface area contributed by atoms with E-state index in [9.17, 15) is 13.9 Å². The summed E-state index contributed by atoms with van der Waals surface area (Å²) >= 11 is 0. The van der Waals surface area contributed by atoms with Crippen LogP contribution in [-0.2, 0) is 0 Å². The van der Waals surface area contributed by atoms with Gasteiger partial charge in [-0.05, 0) is 18.9 Å². The highest BCUT2D eigenvalue weighted by Crippen LogP contribution is 2.23. The van der Waals surface area contributed by atoms with E-state index in [-0.39, 0.29) is 6.61 Å². The van der Waals surface area contributed by atoms with E-state index in [1.807, 2.05) is 0 Å². The maximum Gasteiger partial charge on any atom is 0.130 e. The van der Waals surface area contributed by atoms with Crippen molar-refractivity contribution < 1.29 is 13.9 Å². The molecule has 0 bridgehead atoms. The second-order valence-electron chi connectivity index (χ2n) is 4.55. The van der Waals surface area contributed by atoms with Crippen LogP contribution in [0.25, 0.3) is 0 Å². The van der Waals surface area contributed by atoms with Crippen molar-refractivity contribution in [1.82, 2.24) is 5.32 Å². The predicted molar refractivity (Wildman–Crippen MR) is 61.6 cm³/mol. The fourth-order valence-corrected chi connectivity index (χ4v) is 2.40. The lowest BCUT2D eigenvalue weighted by Crippen LogP contribution is -2.33. The van der Waals surface area contributed by atoms with Gasteiger partial charge in [0.2, 0.25) is 0 Å². The van der Waals surface area contributed by atoms with Crippen molar-refractivity contribution in [2.75, 3.05) is 6.61 Å². The van der Waals surface area contributed by atoms with Crippen molar-refractivity contribution in [1.29, 1.82) is 0 Å². The third kappa shape index (κ3) is 3.01. The molecule has 1 atom stereocenters. The molecule has 1 aliphatic carbocycles. The van der Waals surface area contributed by atoms with E-state index in [1.165, 1.54) is 25.0 Å². The molecular weight excluding hydrogens is 224 g/mol. The van der Waals surface area contributed by atoms with Crippen molar-refractivity contribution in [3.05, 3.63) is 35.4 Å². The van der Waals surface area contributed by atoms with Gasteiger partial charge in [-0.3, -0.25) is 0 Å². The number of aliphatic hydroxyl groups is 1. The molecule has 1 unspecified atom stereocenters. The Morgan fingerprint density at radius 1 is 1.29 bits per heavy atom. The normalized spacial score (nSPS) is 18.5. The third-order valence-corrected chi connectivity index (χ3v) is 3.31. The molecule has 1 fully saturated rings. The first-order valence-corrected chi connectivity index (χ1v) is 6.02. The van der Waals surface area contributed by atoms with Gasteiger partial charge in [-0.25, -0.2) is 8.78 Å². The van der Waals surface area contributed by atoms with Gasteiger partial charge in [0.05, 0.1) is 12.6 Å². The van der Waals surface area contributed by atoms with Crippen LogP contribution < -0.4 is 5.32 Å². The van der Waals surface area contributed by atoms with Crippen molar-refractivity contribution in [3.8, 4) is 0 Å². The van der Waals surface area contributed by atoms with Gasteiger partial charge in [0.1, 0.15) is 11.6 Å². The van der Waals surface area contributed by atoms with Gasteiger partial charge in [0.25, 0.3) is 0 Å². The predicted octanol–water partition coefficient (Wildman–Crippen LogP) is 2.53. The molecule has 94 valence electrons. The smallest absolute Gasteiger partial charge is 0.130 e. The first-order valence-electron chi connectivity index (χ1n) is 6.02. The Labute approximate surface area is 99.7 Å². The molecule has 2 rings (SSSR count). The largest absolute Gasteiger partial charge is 0.394 e. The van der Waals surface area contributed by atoms with E-state index < -0.39 is 17.7 Å². The van der Waals surface area contributed by atoms with Gasteiger partial charge in [-0.15, -0.1) is 0 Å². The molecule has 2 N–H and O–H groups in total. The number of rotatable bonds is 4. The minimum absolute atomic E-state index is 0.181. The van der Waals surface area contributed by atoms with Gasteiger partial charge < -0.3 is 10.4 Å². The van der Waals surface area contributed by atoms with Crippen molar-refractivity contribution in [3.63, 3.8) is 0 Å². The number of aliphatic hydroxyl groups excluding tert-OH is 1. The number of benzene rings is 1. The van der Waals surface area contributed by atoms with E-state index in [0.717, 1.165) is 18.9 Å². The molecule has 4 heteroatoms. The molecule has 1 aliphatic rings. The summed E-state index contributed by atoms with van der Waals surface area (Å²) in [5, 5.41) is 12.5. The average molecular weight is 241 g/mol. The first-order chi connectivity index (χ1) is 8.20. The Balaban J connectivity index is 2.10. The third-order valence-electron chi connectivity index (χ3n) is 3.31. The lowest BCUT2D eigenvalue weighted by molar-refractivity contribution is 0.230. The maximum atomic E-state index is 13.6. The standard InChI is InChI=1S/C13H17F2NO/c14-9-5-6-11(12(15)7-9)13(8-17)16-10-3-1-2-4-10/h5-7,10,13,16-17H,1-4,8H2. The van der Waals surface area contributed by atoms with Gasteiger partial charge in [0.15, 0.2) is 0 Å². The molecular formula is C13H17F2NO. The van der Waals surface area contributed by atoms with Gasteiger partial charge in [0, 0.05) is 17.7 Å². The minimum Gasteiger partial charge on any atom is -0.394 e. The SMILES string of the molecule is OCC(NC1CCCC1)c1ccc(F)cc1F. The summed E-state index contributed by atoms with van der Waals surface area (Å²) in [4.78, 5) is 0. The summed E-state index contributed by atoms with van der Waals surface area (Å²) in [7, 11) is 0. The van der Waals surface area contributed by atoms with Crippen LogP contribution in [-0.4, -0.2) is 17.8 Å². The topological polar surface area (TPSA) is 32.3 Å². The van der Waals surface area contributed by atoms with Crippen LogP contribution in [0.1, 0.15) is 37.3 Å². The highest BCUT2D eigenvalue weighted by molar-refractivity contribution is 5.22. The molecule has 0 radical (unpaired) electrons. The van der Waals surface area contributed by atoms with Crippen LogP contribution in [0, 0.1) is 11.6 Å². The Kier molecular flexibility index (Phi) is 4.07. The zero-order valence-electron chi connectivity index (χ0n) is 9.63. The lowest BCUT2D eigenvalue weighted by atomic mass is 10.1. The first kappa shape index (κ1) is 12.5. The van der Waals surface area contributed by atoms with Crippen molar-refractivity contribution >= 4 is 0 Å². The van der Waals surface area contributed by atoms with E-state index >= 15 is 0 Å². The summed E-state index contributed by atoms with van der Waals surface area (Å²) in [5.74, 6) is -1.20. The van der Waals surface area contributed by atoms with Gasteiger partial charge >= 0.3 is 0 Å². The molecule has 0 amide bonds. The van der Waals surface area contributed by atoms with E-state index in [4.69, 9.17) is 0 Å². The molecule has 0 spiro atoms. The van der Waals surface area contributed by atoms with Crippen LogP contribution in [0.5, 0.6) is 0 Å². The second kappa shape index (κ2) is 5.56. The Morgan fingerprint density at radius 2 is 2.00 bits per heavy atom. The number of nitrogens with one attached hydrogen (secondary N) is 1. The van der Waals surface area contributed by atoms with Crippen molar-refractivity contribution in [2.45, 2.75) is 37.8 Å². The van der Waals surface area contributed by atoms with Crippen LogP contribution in [0.2, 0.25) is 0 Å². The highest BCUT2D eigenvalue weighted by Gasteiger charge is 2.21. The van der Waals surface area contributed by atoms with E-state index in [0.29, 0.717) is 11.6 Å². The summed E-state index contributed by atoms with van der Waals surface area (Å²) in [6.07, 6.45) is 4.45. The molecule has 1 aromatic rings. The lowest BCUT2D eigenvalue weighted by Gasteiger charge is -2.21. The monoisotopic (exact) mass is 241 g/mol. The van der Waals surface area contributed by atoms with Crippen molar-refractivity contribution in [2.24, 2.45) is 0 Å². The van der Waals surface area contributed by atoms with Gasteiger partial charge in [-0.1, -0.05) is 18.9 Å². The summed E-state index contributed by atoms with van der Waals surface area (Å²) in [6.45, 7) is -0.181. The van der Waals surface area contributed by atoms with Gasteiger partial charge in [-0.2, -0.15) is 0 Å². The van der Waals surface area contributed by atoms with E-state index in [2.05, 4.69) is 5.32 Å². The minimum atomic E-state index is -0.602. The average Bonchev–Trinajstić information content (AvgIpc) is 2.79. The van der Waals surface area contributed by atoms with E-state index in [1.54, 1.807) is 0 Å². The fraction of sp³-hybridized carbons (Fsp3) is 0.538. The van der Waals surface area contributed by atoms with Crippen LogP contribution >= 0.6 is 0 Å². The Morgan fingerprint density at radius 3 is 2.59 bits per heavy atom. The second-order valence-corrected chi connectivity index (χ2v) is 4.55. The number of hydrogen-bond acceptors (Lipinski definition) is 2. The number of halogens is 2. The van der Waals surface area contributed by atoms with Crippen LogP contribution in [0.15, 0.2) is 18.2 Å². The van der Waals surface area contributed by atoms with Crippen LogP contribution in [0.4, 0.5) is 8.78 Å². The Hall–Kier alpha value is -1.00. The molecule has 17 heavy (non-hydrogen) atoms. The quantitative estimate of drug-likeness (QED) is 0.849. The molecule has 2 nitrogen and oxygen atoms in total.